The first kappa shape index (κ1) is 16.0. The van der Waals surface area contributed by atoms with Crippen LogP contribution in [0.1, 0.15) is 60.8 Å². The first-order valence-electron chi connectivity index (χ1n) is 7.43. The summed E-state index contributed by atoms with van der Waals surface area (Å²) in [5.41, 5.74) is -0.746. The fraction of sp³-hybridized carbons (Fsp3) is 0.867. The van der Waals surface area contributed by atoms with E-state index >= 15 is 0 Å². The Bertz CT molecular complexity index is 354. The number of carbonyl (C=O) groups is 2. The van der Waals surface area contributed by atoms with Crippen LogP contribution >= 0.6 is 0 Å². The number of carbonyl (C=O) groups excluding carboxylic acids is 2. The molecule has 19 heavy (non-hydrogen) atoms. The van der Waals surface area contributed by atoms with Crippen molar-refractivity contribution in [1.82, 2.24) is 10.2 Å². The van der Waals surface area contributed by atoms with Crippen molar-refractivity contribution in [1.29, 1.82) is 0 Å². The predicted octanol–water partition coefficient (Wildman–Crippen LogP) is 2.33. The van der Waals surface area contributed by atoms with Crippen LogP contribution < -0.4 is 5.32 Å². The number of hydrogen-bond donors (Lipinski definition) is 1. The minimum absolute atomic E-state index is 0.0121. The Morgan fingerprint density at radius 3 is 2.26 bits per heavy atom. The number of rotatable bonds is 5. The zero-order valence-corrected chi connectivity index (χ0v) is 13.1. The maximum Gasteiger partial charge on any atom is 0.248 e. The average molecular weight is 268 g/mol. The Kier molecular flexibility index (Phi) is 4.99. The van der Waals surface area contributed by atoms with Gasteiger partial charge in [-0.25, -0.2) is 0 Å². The molecule has 0 spiro atoms. The van der Waals surface area contributed by atoms with Crippen molar-refractivity contribution in [3.63, 3.8) is 0 Å². The standard InChI is InChI=1S/C15H28N2O2/c1-7-9-11(5)17-12(10(3)4)13(18)16-15(6,8-2)14(17)19/h10-12H,7-9H2,1-6H3,(H,16,18). The van der Waals surface area contributed by atoms with Crippen LogP contribution in [0.25, 0.3) is 0 Å². The van der Waals surface area contributed by atoms with Crippen molar-refractivity contribution in [2.45, 2.75) is 78.4 Å². The zero-order valence-electron chi connectivity index (χ0n) is 13.1. The van der Waals surface area contributed by atoms with Crippen LogP contribution in [0.4, 0.5) is 0 Å². The molecule has 1 N–H and O–H groups in total. The molecule has 3 unspecified atom stereocenters. The Balaban J connectivity index is 3.14. The van der Waals surface area contributed by atoms with E-state index in [9.17, 15) is 9.59 Å². The normalized spacial score (nSPS) is 29.6. The quantitative estimate of drug-likeness (QED) is 0.832. The van der Waals surface area contributed by atoms with Crippen LogP contribution in [0.5, 0.6) is 0 Å². The van der Waals surface area contributed by atoms with Crippen LogP contribution in [0, 0.1) is 5.92 Å². The molecular weight excluding hydrogens is 240 g/mol. The Morgan fingerprint density at radius 2 is 1.84 bits per heavy atom. The molecule has 1 saturated heterocycles. The number of amides is 2. The second kappa shape index (κ2) is 5.93. The molecule has 4 nitrogen and oxygen atoms in total. The van der Waals surface area contributed by atoms with E-state index in [-0.39, 0.29) is 29.8 Å². The monoisotopic (exact) mass is 268 g/mol. The number of nitrogens with one attached hydrogen (secondary N) is 1. The molecule has 4 heteroatoms. The highest BCUT2D eigenvalue weighted by Gasteiger charge is 2.49. The van der Waals surface area contributed by atoms with Gasteiger partial charge in [-0.3, -0.25) is 9.59 Å². The summed E-state index contributed by atoms with van der Waals surface area (Å²) in [6.45, 7) is 11.9. The molecule has 0 aromatic rings. The SMILES string of the molecule is CCCC(C)N1C(=O)C(C)(CC)NC(=O)C1C(C)C. The van der Waals surface area contributed by atoms with E-state index in [4.69, 9.17) is 0 Å². The molecule has 3 atom stereocenters. The highest BCUT2D eigenvalue weighted by molar-refractivity contribution is 5.99. The fourth-order valence-corrected chi connectivity index (χ4v) is 2.83. The molecule has 1 aliphatic heterocycles. The van der Waals surface area contributed by atoms with Crippen LogP contribution in [0.3, 0.4) is 0 Å². The van der Waals surface area contributed by atoms with Gasteiger partial charge >= 0.3 is 0 Å². The molecule has 0 bridgehead atoms. The lowest BCUT2D eigenvalue weighted by atomic mass is 9.87. The Hall–Kier alpha value is -1.06. The van der Waals surface area contributed by atoms with Gasteiger partial charge < -0.3 is 10.2 Å². The first-order valence-corrected chi connectivity index (χ1v) is 7.43. The van der Waals surface area contributed by atoms with E-state index in [1.807, 2.05) is 39.5 Å². The molecule has 0 saturated carbocycles. The third kappa shape index (κ3) is 2.93. The molecule has 1 rings (SSSR count). The van der Waals surface area contributed by atoms with Crippen molar-refractivity contribution in [2.75, 3.05) is 0 Å². The molecule has 1 heterocycles. The van der Waals surface area contributed by atoms with Gasteiger partial charge in [-0.15, -0.1) is 0 Å². The molecule has 2 amide bonds. The Morgan fingerprint density at radius 1 is 1.26 bits per heavy atom. The summed E-state index contributed by atoms with van der Waals surface area (Å²) in [6.07, 6.45) is 2.57. The van der Waals surface area contributed by atoms with Gasteiger partial charge in [0.05, 0.1) is 0 Å². The topological polar surface area (TPSA) is 49.4 Å². The van der Waals surface area contributed by atoms with Crippen molar-refractivity contribution >= 4 is 11.8 Å². The second-order valence-corrected chi connectivity index (χ2v) is 6.21. The average Bonchev–Trinajstić information content (AvgIpc) is 2.33. The first-order chi connectivity index (χ1) is 8.78. The van der Waals surface area contributed by atoms with Gasteiger partial charge in [-0.1, -0.05) is 34.1 Å². The summed E-state index contributed by atoms with van der Waals surface area (Å²) < 4.78 is 0. The molecular formula is C15H28N2O2. The van der Waals surface area contributed by atoms with E-state index in [0.29, 0.717) is 6.42 Å². The maximum absolute atomic E-state index is 12.8. The second-order valence-electron chi connectivity index (χ2n) is 6.21. The highest BCUT2D eigenvalue weighted by atomic mass is 16.2. The van der Waals surface area contributed by atoms with E-state index < -0.39 is 5.54 Å². The fourth-order valence-electron chi connectivity index (χ4n) is 2.83. The largest absolute Gasteiger partial charge is 0.340 e. The van der Waals surface area contributed by atoms with Crippen LogP contribution in [0.15, 0.2) is 0 Å². The molecule has 1 fully saturated rings. The van der Waals surface area contributed by atoms with Crippen molar-refractivity contribution in [3.8, 4) is 0 Å². The van der Waals surface area contributed by atoms with E-state index in [1.54, 1.807) is 0 Å². The predicted molar refractivity (Wildman–Crippen MR) is 76.7 cm³/mol. The molecule has 110 valence electrons. The molecule has 0 radical (unpaired) electrons. The van der Waals surface area contributed by atoms with Crippen LogP contribution in [-0.4, -0.2) is 34.3 Å². The molecule has 0 aliphatic carbocycles. The van der Waals surface area contributed by atoms with Gasteiger partial charge in [-0.05, 0) is 32.6 Å². The molecule has 0 aromatic heterocycles. The van der Waals surface area contributed by atoms with Gasteiger partial charge in [0.1, 0.15) is 11.6 Å². The lowest BCUT2D eigenvalue weighted by Crippen LogP contribution is -2.71. The number of nitrogens with zero attached hydrogens (tertiary/aromatic N) is 1. The third-order valence-corrected chi connectivity index (χ3v) is 4.19. The van der Waals surface area contributed by atoms with Crippen LogP contribution in [0.2, 0.25) is 0 Å². The van der Waals surface area contributed by atoms with Crippen molar-refractivity contribution in [2.24, 2.45) is 5.92 Å². The zero-order chi connectivity index (χ0) is 14.8. The highest BCUT2D eigenvalue weighted by Crippen LogP contribution is 2.28. The van der Waals surface area contributed by atoms with E-state index in [0.717, 1.165) is 12.8 Å². The third-order valence-electron chi connectivity index (χ3n) is 4.19. The summed E-state index contributed by atoms with van der Waals surface area (Å²) in [4.78, 5) is 27.0. The van der Waals surface area contributed by atoms with E-state index in [1.165, 1.54) is 0 Å². The molecule has 1 aliphatic rings. The summed E-state index contributed by atoms with van der Waals surface area (Å²) in [5, 5.41) is 2.92. The summed E-state index contributed by atoms with van der Waals surface area (Å²) in [7, 11) is 0. The summed E-state index contributed by atoms with van der Waals surface area (Å²) >= 11 is 0. The smallest absolute Gasteiger partial charge is 0.248 e. The van der Waals surface area contributed by atoms with Gasteiger partial charge in [-0.2, -0.15) is 0 Å². The van der Waals surface area contributed by atoms with Gasteiger partial charge in [0.2, 0.25) is 11.8 Å². The molecule has 0 aromatic carbocycles. The van der Waals surface area contributed by atoms with Gasteiger partial charge in [0.25, 0.3) is 0 Å². The van der Waals surface area contributed by atoms with Gasteiger partial charge in [0.15, 0.2) is 0 Å². The van der Waals surface area contributed by atoms with Gasteiger partial charge in [0, 0.05) is 6.04 Å². The lowest BCUT2D eigenvalue weighted by Gasteiger charge is -2.48. The van der Waals surface area contributed by atoms with Crippen molar-refractivity contribution < 1.29 is 9.59 Å². The van der Waals surface area contributed by atoms with Crippen molar-refractivity contribution in [3.05, 3.63) is 0 Å². The minimum atomic E-state index is -0.746. The lowest BCUT2D eigenvalue weighted by molar-refractivity contribution is -0.159. The van der Waals surface area contributed by atoms with Crippen LogP contribution in [-0.2, 0) is 9.59 Å². The maximum atomic E-state index is 12.8. The van der Waals surface area contributed by atoms with E-state index in [2.05, 4.69) is 12.2 Å². The minimum Gasteiger partial charge on any atom is -0.340 e. The number of piperazine rings is 1. The summed E-state index contributed by atoms with van der Waals surface area (Å²) in [6, 6.07) is -0.226. The Labute approximate surface area is 116 Å². The summed E-state index contributed by atoms with van der Waals surface area (Å²) in [5.74, 6) is 0.181. The number of hydrogen-bond acceptors (Lipinski definition) is 2.